The molecule has 9 nitrogen and oxygen atoms in total. The molecule has 2 aromatic carbocycles. The first kappa shape index (κ1) is 30.5. The maximum atomic E-state index is 14.1. The molecule has 0 aliphatic carbocycles. The van der Waals surface area contributed by atoms with E-state index in [4.69, 9.17) is 19.2 Å². The number of thiophene rings is 1. The Hall–Kier alpha value is -4.48. The van der Waals surface area contributed by atoms with Crippen molar-refractivity contribution in [2.45, 2.75) is 32.7 Å². The molecule has 1 saturated heterocycles. The number of nitrogens with zero attached hydrogens (tertiary/aromatic N) is 3. The van der Waals surface area contributed by atoms with Crippen LogP contribution in [0.2, 0.25) is 0 Å². The number of carbonyl (C=O) groups excluding carboxylic acids is 2. The summed E-state index contributed by atoms with van der Waals surface area (Å²) in [4.78, 5) is 48.1. The molecule has 0 N–H and O–H groups in total. The number of aromatic nitrogens is 1. The van der Waals surface area contributed by atoms with Gasteiger partial charge in [0.1, 0.15) is 6.04 Å². The first-order valence-electron chi connectivity index (χ1n) is 15.0. The molecule has 4 heterocycles. The van der Waals surface area contributed by atoms with E-state index in [1.807, 2.05) is 65.7 Å². The van der Waals surface area contributed by atoms with E-state index in [9.17, 15) is 14.4 Å². The van der Waals surface area contributed by atoms with Crippen molar-refractivity contribution >= 4 is 46.3 Å². The number of likely N-dealkylation sites (tertiary alicyclic amines) is 1. The Morgan fingerprint density at radius 2 is 1.78 bits per heavy atom. The number of carbonyl (C=O) groups is 2. The van der Waals surface area contributed by atoms with E-state index in [-0.39, 0.29) is 24.7 Å². The molecular formula is C34H33N3O6S2. The zero-order valence-electron chi connectivity index (χ0n) is 25.1. The summed E-state index contributed by atoms with van der Waals surface area (Å²) in [5.74, 6) is 0.401. The summed E-state index contributed by atoms with van der Waals surface area (Å²) in [6, 6.07) is 18.0. The molecule has 0 bridgehead atoms. The molecule has 6 rings (SSSR count). The highest BCUT2D eigenvalue weighted by atomic mass is 32.1. The summed E-state index contributed by atoms with van der Waals surface area (Å²) in [5.41, 5.74) is 2.04. The van der Waals surface area contributed by atoms with E-state index in [0.29, 0.717) is 38.7 Å². The SMILES string of the molecule is CCOC(=O)C1=C(c2ccccc2)N=c2s/c(=C/c3ccc(OCC(=O)N4CCCC4)c(OCC)c3)c(=O)n2[C@H]1c1cccs1. The van der Waals surface area contributed by atoms with E-state index in [1.54, 1.807) is 29.7 Å². The second kappa shape index (κ2) is 13.7. The molecule has 1 fully saturated rings. The lowest BCUT2D eigenvalue weighted by molar-refractivity contribution is -0.139. The van der Waals surface area contributed by atoms with Crippen LogP contribution < -0.4 is 24.4 Å². The molecule has 1 atom stereocenters. The molecule has 4 aromatic rings. The minimum atomic E-state index is -0.694. The van der Waals surface area contributed by atoms with Gasteiger partial charge in [0.15, 0.2) is 22.9 Å². The van der Waals surface area contributed by atoms with Gasteiger partial charge in [-0.05, 0) is 61.9 Å². The third-order valence-electron chi connectivity index (χ3n) is 7.56. The number of fused-ring (bicyclic) bond motifs is 1. The molecule has 0 unspecified atom stereocenters. The fourth-order valence-electron chi connectivity index (χ4n) is 5.51. The van der Waals surface area contributed by atoms with E-state index in [2.05, 4.69) is 0 Å². The number of hydrogen-bond donors (Lipinski definition) is 0. The molecule has 1 amide bonds. The Morgan fingerprint density at radius 3 is 2.49 bits per heavy atom. The van der Waals surface area contributed by atoms with Crippen LogP contribution in [0.4, 0.5) is 0 Å². The Bertz CT molecular complexity index is 1900. The number of hydrogen-bond acceptors (Lipinski definition) is 9. The van der Waals surface area contributed by atoms with E-state index in [0.717, 1.165) is 41.9 Å². The molecule has 0 radical (unpaired) electrons. The number of amides is 1. The minimum Gasteiger partial charge on any atom is -0.490 e. The second-order valence-corrected chi connectivity index (χ2v) is 12.5. The van der Waals surface area contributed by atoms with Crippen LogP contribution in [-0.2, 0) is 14.3 Å². The van der Waals surface area contributed by atoms with Gasteiger partial charge in [0, 0.05) is 23.5 Å². The fraction of sp³-hybridized carbons (Fsp3) is 0.294. The van der Waals surface area contributed by atoms with Gasteiger partial charge in [-0.25, -0.2) is 9.79 Å². The topological polar surface area (TPSA) is 99.4 Å². The van der Waals surface area contributed by atoms with Crippen molar-refractivity contribution in [2.24, 2.45) is 4.99 Å². The number of thiazole rings is 1. The fourth-order valence-corrected chi connectivity index (χ4v) is 7.33. The number of esters is 1. The van der Waals surface area contributed by atoms with Gasteiger partial charge >= 0.3 is 5.97 Å². The van der Waals surface area contributed by atoms with Crippen LogP contribution in [0.25, 0.3) is 11.8 Å². The standard InChI is InChI=1S/C34H33N3O6S2/c1-3-41-25-19-22(14-15-24(25)43-21-28(38)36-16-8-9-17-36)20-27-32(39)37-31(26-13-10-18-44-26)29(33(40)42-4-2)30(35-34(37)45-27)23-11-6-5-7-12-23/h5-7,10-15,18-20,31H,3-4,8-9,16-17,21H2,1-2H3/b27-20+/t31-/m0/s1. The summed E-state index contributed by atoms with van der Waals surface area (Å²) in [6.45, 7) is 5.69. The van der Waals surface area contributed by atoms with Crippen molar-refractivity contribution in [2.75, 3.05) is 32.9 Å². The third kappa shape index (κ3) is 6.36. The molecule has 11 heteroatoms. The lowest BCUT2D eigenvalue weighted by Gasteiger charge is -2.24. The van der Waals surface area contributed by atoms with Crippen LogP contribution >= 0.6 is 22.7 Å². The lowest BCUT2D eigenvalue weighted by atomic mass is 9.97. The monoisotopic (exact) mass is 643 g/mol. The van der Waals surface area contributed by atoms with E-state index < -0.39 is 12.0 Å². The summed E-state index contributed by atoms with van der Waals surface area (Å²) in [6.07, 6.45) is 3.82. The quantitative estimate of drug-likeness (QED) is 0.238. The van der Waals surface area contributed by atoms with Crippen molar-refractivity contribution < 1.29 is 23.8 Å². The van der Waals surface area contributed by atoms with E-state index in [1.165, 1.54) is 22.7 Å². The predicted octanol–water partition coefficient (Wildman–Crippen LogP) is 4.40. The molecule has 45 heavy (non-hydrogen) atoms. The Labute approximate surface area is 268 Å². The van der Waals surface area contributed by atoms with Crippen LogP contribution in [0.5, 0.6) is 11.5 Å². The van der Waals surface area contributed by atoms with Crippen LogP contribution in [-0.4, -0.2) is 54.3 Å². The largest absolute Gasteiger partial charge is 0.490 e. The molecule has 232 valence electrons. The van der Waals surface area contributed by atoms with Gasteiger partial charge in [-0.1, -0.05) is 53.8 Å². The Balaban J connectivity index is 1.42. The summed E-state index contributed by atoms with van der Waals surface area (Å²) < 4.78 is 19.3. The van der Waals surface area contributed by atoms with Crippen molar-refractivity contribution in [3.05, 3.63) is 107 Å². The van der Waals surface area contributed by atoms with Crippen molar-refractivity contribution in [1.29, 1.82) is 0 Å². The van der Waals surface area contributed by atoms with Gasteiger partial charge in [0.05, 0.1) is 29.0 Å². The second-order valence-electron chi connectivity index (χ2n) is 10.5. The molecule has 2 aromatic heterocycles. The van der Waals surface area contributed by atoms with Gasteiger partial charge in [-0.15, -0.1) is 11.3 Å². The van der Waals surface area contributed by atoms with Gasteiger partial charge in [-0.2, -0.15) is 0 Å². The average Bonchev–Trinajstić information content (AvgIpc) is 3.84. The molecule has 2 aliphatic heterocycles. The zero-order valence-corrected chi connectivity index (χ0v) is 26.7. The zero-order chi connectivity index (χ0) is 31.3. The Morgan fingerprint density at radius 1 is 0.978 bits per heavy atom. The van der Waals surface area contributed by atoms with Gasteiger partial charge in [0.2, 0.25) is 0 Å². The number of rotatable bonds is 10. The van der Waals surface area contributed by atoms with Crippen LogP contribution in [0, 0.1) is 0 Å². The van der Waals surface area contributed by atoms with Gasteiger partial charge in [0.25, 0.3) is 11.5 Å². The first-order chi connectivity index (χ1) is 22.0. The van der Waals surface area contributed by atoms with Crippen LogP contribution in [0.3, 0.4) is 0 Å². The summed E-state index contributed by atoms with van der Waals surface area (Å²) >= 11 is 2.73. The predicted molar refractivity (Wildman–Crippen MR) is 174 cm³/mol. The van der Waals surface area contributed by atoms with Crippen molar-refractivity contribution in [3.8, 4) is 11.5 Å². The number of ether oxygens (including phenoxy) is 3. The highest BCUT2D eigenvalue weighted by Gasteiger charge is 2.35. The molecular weight excluding hydrogens is 611 g/mol. The molecule has 0 spiro atoms. The van der Waals surface area contributed by atoms with Crippen molar-refractivity contribution in [3.63, 3.8) is 0 Å². The van der Waals surface area contributed by atoms with Crippen LogP contribution in [0.15, 0.2) is 81.4 Å². The first-order valence-corrected chi connectivity index (χ1v) is 16.7. The third-order valence-corrected chi connectivity index (χ3v) is 9.47. The summed E-state index contributed by atoms with van der Waals surface area (Å²) in [5, 5.41) is 1.92. The average molecular weight is 644 g/mol. The smallest absolute Gasteiger partial charge is 0.338 e. The lowest BCUT2D eigenvalue weighted by Crippen LogP contribution is -2.39. The Kier molecular flexibility index (Phi) is 9.27. The summed E-state index contributed by atoms with van der Waals surface area (Å²) in [7, 11) is 0. The maximum Gasteiger partial charge on any atom is 0.338 e. The van der Waals surface area contributed by atoms with Crippen LogP contribution in [0.1, 0.15) is 48.7 Å². The maximum absolute atomic E-state index is 14.1. The normalized spacial score (nSPS) is 16.4. The molecule has 2 aliphatic rings. The van der Waals surface area contributed by atoms with Gasteiger partial charge < -0.3 is 19.1 Å². The van der Waals surface area contributed by atoms with Crippen molar-refractivity contribution in [1.82, 2.24) is 9.47 Å². The van der Waals surface area contributed by atoms with E-state index >= 15 is 0 Å². The highest BCUT2D eigenvalue weighted by Crippen LogP contribution is 2.37. The van der Waals surface area contributed by atoms with Gasteiger partial charge in [-0.3, -0.25) is 14.2 Å². The minimum absolute atomic E-state index is 0.0440. The highest BCUT2D eigenvalue weighted by molar-refractivity contribution is 7.10. The molecule has 0 saturated carbocycles. The number of benzene rings is 2.